The van der Waals surface area contributed by atoms with Gasteiger partial charge in [0.05, 0.1) is 6.54 Å². The SMILES string of the molecule is CN(Cc1ncccn1)[C@H]1CCN(C(=O)C(C)(C)F)C1. The van der Waals surface area contributed by atoms with Gasteiger partial charge in [-0.2, -0.15) is 0 Å². The number of hydrogen-bond donors (Lipinski definition) is 0. The minimum absolute atomic E-state index is 0.227. The predicted octanol–water partition coefficient (Wildman–Crippen LogP) is 1.26. The third-order valence-electron chi connectivity index (χ3n) is 3.59. The highest BCUT2D eigenvalue weighted by Crippen LogP contribution is 2.21. The van der Waals surface area contributed by atoms with Crippen molar-refractivity contribution in [3.05, 3.63) is 24.3 Å². The molecule has 0 aromatic carbocycles. The molecule has 1 aromatic rings. The number of likely N-dealkylation sites (tertiary alicyclic amines) is 1. The number of halogens is 1. The van der Waals surface area contributed by atoms with Crippen LogP contribution in [0.5, 0.6) is 0 Å². The van der Waals surface area contributed by atoms with Crippen LogP contribution in [-0.4, -0.2) is 57.5 Å². The highest BCUT2D eigenvalue weighted by Gasteiger charge is 2.36. The van der Waals surface area contributed by atoms with E-state index in [1.165, 1.54) is 13.8 Å². The highest BCUT2D eigenvalue weighted by atomic mass is 19.1. The lowest BCUT2D eigenvalue weighted by atomic mass is 10.1. The Bertz CT molecular complexity index is 460. The van der Waals surface area contributed by atoms with Crippen molar-refractivity contribution in [1.82, 2.24) is 19.8 Å². The van der Waals surface area contributed by atoms with Crippen molar-refractivity contribution in [1.29, 1.82) is 0 Å². The Morgan fingerprint density at radius 1 is 1.50 bits per heavy atom. The highest BCUT2D eigenvalue weighted by molar-refractivity contribution is 5.84. The molecule has 110 valence electrons. The molecule has 1 aliphatic heterocycles. The second kappa shape index (κ2) is 5.83. The summed E-state index contributed by atoms with van der Waals surface area (Å²) in [6.07, 6.45) is 4.28. The molecule has 1 saturated heterocycles. The van der Waals surface area contributed by atoms with Crippen molar-refractivity contribution in [3.63, 3.8) is 0 Å². The Hall–Kier alpha value is -1.56. The molecule has 5 nitrogen and oxygen atoms in total. The van der Waals surface area contributed by atoms with Gasteiger partial charge in [0, 0.05) is 31.5 Å². The monoisotopic (exact) mass is 280 g/mol. The van der Waals surface area contributed by atoms with Crippen LogP contribution >= 0.6 is 0 Å². The number of nitrogens with zero attached hydrogens (tertiary/aromatic N) is 4. The Morgan fingerprint density at radius 3 is 2.75 bits per heavy atom. The maximum Gasteiger partial charge on any atom is 0.259 e. The number of carbonyl (C=O) groups is 1. The summed E-state index contributed by atoms with van der Waals surface area (Å²) in [5, 5.41) is 0. The fraction of sp³-hybridized carbons (Fsp3) is 0.643. The van der Waals surface area contributed by atoms with Crippen LogP contribution in [0.4, 0.5) is 4.39 Å². The van der Waals surface area contributed by atoms with Crippen molar-refractivity contribution >= 4 is 5.91 Å². The van der Waals surface area contributed by atoms with Crippen LogP contribution in [-0.2, 0) is 11.3 Å². The van der Waals surface area contributed by atoms with Crippen LogP contribution in [0.25, 0.3) is 0 Å². The molecule has 1 amide bonds. The van der Waals surface area contributed by atoms with Crippen LogP contribution in [0.2, 0.25) is 0 Å². The molecule has 0 saturated carbocycles. The number of hydrogen-bond acceptors (Lipinski definition) is 4. The van der Waals surface area contributed by atoms with Gasteiger partial charge in [0.1, 0.15) is 5.82 Å². The van der Waals surface area contributed by atoms with Crippen LogP contribution in [0, 0.1) is 0 Å². The Labute approximate surface area is 118 Å². The normalized spacial score (nSPS) is 19.6. The first-order valence-electron chi connectivity index (χ1n) is 6.82. The second-order valence-electron chi connectivity index (χ2n) is 5.75. The smallest absolute Gasteiger partial charge is 0.259 e. The van der Waals surface area contributed by atoms with Gasteiger partial charge in [0.15, 0.2) is 5.67 Å². The average Bonchev–Trinajstić information content (AvgIpc) is 2.87. The zero-order valence-corrected chi connectivity index (χ0v) is 12.2. The summed E-state index contributed by atoms with van der Waals surface area (Å²) in [6.45, 7) is 4.42. The van der Waals surface area contributed by atoms with Crippen molar-refractivity contribution < 1.29 is 9.18 Å². The van der Waals surface area contributed by atoms with Gasteiger partial charge in [0.2, 0.25) is 0 Å². The number of carbonyl (C=O) groups excluding carboxylic acids is 1. The largest absolute Gasteiger partial charge is 0.338 e. The molecule has 0 aliphatic carbocycles. The third-order valence-corrected chi connectivity index (χ3v) is 3.59. The minimum Gasteiger partial charge on any atom is -0.338 e. The molecule has 0 N–H and O–H groups in total. The minimum atomic E-state index is -1.80. The van der Waals surface area contributed by atoms with E-state index >= 15 is 0 Å². The van der Waals surface area contributed by atoms with Gasteiger partial charge in [-0.1, -0.05) is 0 Å². The van der Waals surface area contributed by atoms with Gasteiger partial charge in [-0.05, 0) is 33.4 Å². The van der Waals surface area contributed by atoms with E-state index in [1.807, 2.05) is 7.05 Å². The van der Waals surface area contributed by atoms with E-state index in [2.05, 4.69) is 14.9 Å². The number of alkyl halides is 1. The molecule has 2 heterocycles. The molecule has 1 fully saturated rings. The van der Waals surface area contributed by atoms with Gasteiger partial charge in [-0.25, -0.2) is 14.4 Å². The zero-order chi connectivity index (χ0) is 14.8. The molecule has 0 bridgehead atoms. The van der Waals surface area contributed by atoms with E-state index in [4.69, 9.17) is 0 Å². The maximum atomic E-state index is 13.7. The predicted molar refractivity (Wildman–Crippen MR) is 73.7 cm³/mol. The quantitative estimate of drug-likeness (QED) is 0.833. The molecule has 1 atom stereocenters. The maximum absolute atomic E-state index is 13.7. The first-order valence-corrected chi connectivity index (χ1v) is 6.82. The summed E-state index contributed by atoms with van der Waals surface area (Å²) in [6, 6.07) is 2.01. The molecule has 1 aliphatic rings. The molecule has 2 rings (SSSR count). The van der Waals surface area contributed by atoms with E-state index in [9.17, 15) is 9.18 Å². The fourth-order valence-electron chi connectivity index (χ4n) is 2.43. The third kappa shape index (κ3) is 3.50. The van der Waals surface area contributed by atoms with E-state index in [0.717, 1.165) is 12.2 Å². The fourth-order valence-corrected chi connectivity index (χ4v) is 2.43. The summed E-state index contributed by atoms with van der Waals surface area (Å²) >= 11 is 0. The molecule has 20 heavy (non-hydrogen) atoms. The van der Waals surface area contributed by atoms with Crippen molar-refractivity contribution in [2.75, 3.05) is 20.1 Å². The summed E-state index contributed by atoms with van der Waals surface area (Å²) in [5.41, 5.74) is -1.80. The van der Waals surface area contributed by atoms with E-state index in [1.54, 1.807) is 23.4 Å². The first kappa shape index (κ1) is 14.8. The van der Waals surface area contributed by atoms with Crippen LogP contribution in [0.15, 0.2) is 18.5 Å². The van der Waals surface area contributed by atoms with Crippen molar-refractivity contribution in [3.8, 4) is 0 Å². The molecule has 1 aromatic heterocycles. The average molecular weight is 280 g/mol. The Morgan fingerprint density at radius 2 is 2.15 bits per heavy atom. The number of amides is 1. The van der Waals surface area contributed by atoms with E-state index in [-0.39, 0.29) is 6.04 Å². The Kier molecular flexibility index (Phi) is 4.32. The zero-order valence-electron chi connectivity index (χ0n) is 12.2. The van der Waals surface area contributed by atoms with Crippen LogP contribution < -0.4 is 0 Å². The second-order valence-corrected chi connectivity index (χ2v) is 5.75. The summed E-state index contributed by atoms with van der Waals surface area (Å²) in [5.74, 6) is 0.329. The standard InChI is InChI=1S/C14H21FN4O/c1-14(2,15)13(20)19-8-5-11(9-19)18(3)10-12-16-6-4-7-17-12/h4,6-7,11H,5,8-10H2,1-3H3/t11-/m0/s1. The molecule has 0 radical (unpaired) electrons. The summed E-state index contributed by atoms with van der Waals surface area (Å²) < 4.78 is 13.7. The Balaban J connectivity index is 1.91. The van der Waals surface area contributed by atoms with E-state index < -0.39 is 11.6 Å². The van der Waals surface area contributed by atoms with Crippen LogP contribution in [0.1, 0.15) is 26.1 Å². The van der Waals surface area contributed by atoms with Gasteiger partial charge in [-0.15, -0.1) is 0 Å². The van der Waals surface area contributed by atoms with E-state index in [0.29, 0.717) is 19.6 Å². The number of likely N-dealkylation sites (N-methyl/N-ethyl adjacent to an activating group) is 1. The lowest BCUT2D eigenvalue weighted by molar-refractivity contribution is -0.140. The lowest BCUT2D eigenvalue weighted by Gasteiger charge is -2.26. The van der Waals surface area contributed by atoms with Crippen LogP contribution in [0.3, 0.4) is 0 Å². The van der Waals surface area contributed by atoms with Gasteiger partial charge in [0.25, 0.3) is 5.91 Å². The lowest BCUT2D eigenvalue weighted by Crippen LogP contribution is -2.43. The first-order chi connectivity index (χ1) is 9.38. The number of rotatable bonds is 4. The molecular formula is C14H21FN4O. The molecule has 0 unspecified atom stereocenters. The topological polar surface area (TPSA) is 49.3 Å². The summed E-state index contributed by atoms with van der Waals surface area (Å²) in [7, 11) is 1.98. The molecule has 6 heteroatoms. The van der Waals surface area contributed by atoms with Gasteiger partial charge < -0.3 is 4.90 Å². The number of aromatic nitrogens is 2. The van der Waals surface area contributed by atoms with Gasteiger partial charge in [-0.3, -0.25) is 9.69 Å². The van der Waals surface area contributed by atoms with Crippen molar-refractivity contribution in [2.24, 2.45) is 0 Å². The molecular weight excluding hydrogens is 259 g/mol. The molecule has 0 spiro atoms. The van der Waals surface area contributed by atoms with Crippen molar-refractivity contribution in [2.45, 2.75) is 38.5 Å². The van der Waals surface area contributed by atoms with Gasteiger partial charge >= 0.3 is 0 Å². The summed E-state index contributed by atoms with van der Waals surface area (Å²) in [4.78, 5) is 24.0.